The fourth-order valence-corrected chi connectivity index (χ4v) is 1.27. The van der Waals surface area contributed by atoms with E-state index in [9.17, 15) is 4.79 Å². The average Bonchev–Trinajstić information content (AvgIpc) is 2.15. The molecule has 80 valence electrons. The van der Waals surface area contributed by atoms with Crippen LogP contribution in [0.25, 0.3) is 0 Å². The maximum atomic E-state index is 10.6. The Kier molecular flexibility index (Phi) is 6.87. The van der Waals surface area contributed by atoms with Crippen LogP contribution >= 0.6 is 0 Å². The molecule has 0 rings (SSSR count). The van der Waals surface area contributed by atoms with Gasteiger partial charge in [0.25, 0.3) is 0 Å². The number of aliphatic carboxylic acids is 1. The third kappa shape index (κ3) is 5.60. The second-order valence-electron chi connectivity index (χ2n) is 3.43. The molecule has 3 nitrogen and oxygen atoms in total. The second-order valence-corrected chi connectivity index (χ2v) is 3.43. The van der Waals surface area contributed by atoms with Gasteiger partial charge < -0.3 is 5.11 Å². The third-order valence-corrected chi connectivity index (χ3v) is 2.32. The first kappa shape index (κ1) is 13.0. The monoisotopic (exact) mass is 197 g/mol. The number of nitrogens with zero attached hydrogens (tertiary/aromatic N) is 1. The molecule has 3 heteroatoms. The normalized spacial score (nSPS) is 12.4. The minimum atomic E-state index is -0.772. The highest BCUT2D eigenvalue weighted by Crippen LogP contribution is 2.04. The molecule has 1 N–H and O–H groups in total. The van der Waals surface area contributed by atoms with Crippen LogP contribution in [0.5, 0.6) is 0 Å². The van der Waals surface area contributed by atoms with Crippen molar-refractivity contribution in [3.63, 3.8) is 0 Å². The number of carbonyl (C=O) groups is 1. The lowest BCUT2D eigenvalue weighted by molar-refractivity contribution is -0.138. The van der Waals surface area contributed by atoms with Crippen molar-refractivity contribution in [2.75, 3.05) is 13.1 Å². The molecule has 0 radical (unpaired) electrons. The van der Waals surface area contributed by atoms with E-state index in [1.807, 2.05) is 11.8 Å². The van der Waals surface area contributed by atoms with E-state index in [-0.39, 0.29) is 6.54 Å². The number of carboxylic acids is 1. The number of unbranched alkanes of at least 4 members (excludes halogenated alkanes) is 1. The molecule has 0 aliphatic carbocycles. The fourth-order valence-electron chi connectivity index (χ4n) is 1.27. The maximum absolute atomic E-state index is 10.6. The van der Waals surface area contributed by atoms with Crippen molar-refractivity contribution >= 4 is 5.97 Å². The molecular formula is C11H19NO2. The van der Waals surface area contributed by atoms with Gasteiger partial charge >= 0.3 is 5.97 Å². The summed E-state index contributed by atoms with van der Waals surface area (Å²) >= 11 is 0. The minimum Gasteiger partial charge on any atom is -0.480 e. The van der Waals surface area contributed by atoms with Gasteiger partial charge in [-0.25, -0.2) is 0 Å². The van der Waals surface area contributed by atoms with E-state index in [0.29, 0.717) is 12.5 Å². The topological polar surface area (TPSA) is 40.5 Å². The van der Waals surface area contributed by atoms with E-state index < -0.39 is 5.97 Å². The molecule has 0 saturated carbocycles. The zero-order chi connectivity index (χ0) is 11.0. The van der Waals surface area contributed by atoms with Crippen molar-refractivity contribution in [3.8, 4) is 12.3 Å². The number of hydrogen-bond acceptors (Lipinski definition) is 2. The van der Waals surface area contributed by atoms with E-state index in [0.717, 1.165) is 19.4 Å². The summed E-state index contributed by atoms with van der Waals surface area (Å²) in [7, 11) is 0. The van der Waals surface area contributed by atoms with E-state index >= 15 is 0 Å². The lowest BCUT2D eigenvalue weighted by atomic mass is 10.2. The molecule has 0 spiro atoms. The molecule has 0 bridgehead atoms. The van der Waals surface area contributed by atoms with Gasteiger partial charge in [-0.05, 0) is 26.3 Å². The van der Waals surface area contributed by atoms with Gasteiger partial charge in [0.05, 0.1) is 6.54 Å². The smallest absolute Gasteiger partial charge is 0.317 e. The molecule has 0 heterocycles. The van der Waals surface area contributed by atoms with Gasteiger partial charge in [0, 0.05) is 12.5 Å². The van der Waals surface area contributed by atoms with Gasteiger partial charge in [-0.1, -0.05) is 6.92 Å². The summed E-state index contributed by atoms with van der Waals surface area (Å²) in [6.45, 7) is 4.98. The van der Waals surface area contributed by atoms with Gasteiger partial charge in [-0.2, -0.15) is 0 Å². The minimum absolute atomic E-state index is 0.111. The molecule has 14 heavy (non-hydrogen) atoms. The number of rotatable bonds is 7. The molecule has 0 aromatic rings. The van der Waals surface area contributed by atoms with Crippen LogP contribution < -0.4 is 0 Å². The maximum Gasteiger partial charge on any atom is 0.317 e. The molecule has 0 amide bonds. The SMILES string of the molecule is C#CCCCN(CC(=O)O)C(C)CC. The first-order valence-electron chi connectivity index (χ1n) is 5.01. The predicted octanol–water partition coefficient (Wildman–Crippen LogP) is 1.58. The molecule has 0 aliphatic heterocycles. The highest BCUT2D eigenvalue weighted by Gasteiger charge is 2.14. The Labute approximate surface area is 86.1 Å². The van der Waals surface area contributed by atoms with Gasteiger partial charge in [0.1, 0.15) is 0 Å². The highest BCUT2D eigenvalue weighted by atomic mass is 16.4. The molecule has 0 fully saturated rings. The standard InChI is InChI=1S/C11H19NO2/c1-4-6-7-8-12(9-11(13)14)10(3)5-2/h1,10H,5-9H2,2-3H3,(H,13,14). The first-order valence-corrected chi connectivity index (χ1v) is 5.01. The average molecular weight is 197 g/mol. The molecule has 0 aromatic heterocycles. The molecule has 1 unspecified atom stereocenters. The van der Waals surface area contributed by atoms with Crippen LogP contribution in [0, 0.1) is 12.3 Å². The summed E-state index contributed by atoms with van der Waals surface area (Å²) in [6.07, 6.45) is 7.69. The second kappa shape index (κ2) is 7.40. The fraction of sp³-hybridized carbons (Fsp3) is 0.727. The molecular weight excluding hydrogens is 178 g/mol. The number of hydrogen-bond donors (Lipinski definition) is 1. The van der Waals surface area contributed by atoms with Crippen LogP contribution in [-0.2, 0) is 4.79 Å². The van der Waals surface area contributed by atoms with Crippen molar-refractivity contribution in [2.24, 2.45) is 0 Å². The van der Waals surface area contributed by atoms with Crippen molar-refractivity contribution in [1.29, 1.82) is 0 Å². The van der Waals surface area contributed by atoms with Crippen molar-refractivity contribution < 1.29 is 9.90 Å². The Balaban J connectivity index is 3.98. The summed E-state index contributed by atoms with van der Waals surface area (Å²) in [5.41, 5.74) is 0. The van der Waals surface area contributed by atoms with Crippen LogP contribution in [0.15, 0.2) is 0 Å². The Morgan fingerprint density at radius 3 is 2.71 bits per heavy atom. The van der Waals surface area contributed by atoms with Gasteiger partial charge in [0.15, 0.2) is 0 Å². The van der Waals surface area contributed by atoms with E-state index in [1.165, 1.54) is 0 Å². The van der Waals surface area contributed by atoms with E-state index in [2.05, 4.69) is 12.8 Å². The highest BCUT2D eigenvalue weighted by molar-refractivity contribution is 5.69. The Morgan fingerprint density at radius 2 is 2.29 bits per heavy atom. The van der Waals surface area contributed by atoms with E-state index in [4.69, 9.17) is 11.5 Å². The summed E-state index contributed by atoms with van der Waals surface area (Å²) < 4.78 is 0. The van der Waals surface area contributed by atoms with Crippen molar-refractivity contribution in [2.45, 2.75) is 39.2 Å². The summed E-state index contributed by atoms with van der Waals surface area (Å²) in [6, 6.07) is 0.309. The van der Waals surface area contributed by atoms with Gasteiger partial charge in [0.2, 0.25) is 0 Å². The molecule has 0 saturated heterocycles. The van der Waals surface area contributed by atoms with Crippen LogP contribution in [0.2, 0.25) is 0 Å². The molecule has 1 atom stereocenters. The molecule has 0 aromatic carbocycles. The van der Waals surface area contributed by atoms with E-state index in [1.54, 1.807) is 0 Å². The Morgan fingerprint density at radius 1 is 1.64 bits per heavy atom. The quantitative estimate of drug-likeness (QED) is 0.497. The predicted molar refractivity (Wildman–Crippen MR) is 57.0 cm³/mol. The van der Waals surface area contributed by atoms with Crippen LogP contribution in [0.1, 0.15) is 33.1 Å². The summed E-state index contributed by atoms with van der Waals surface area (Å²) in [5.74, 6) is 1.79. The summed E-state index contributed by atoms with van der Waals surface area (Å²) in [5, 5.41) is 8.70. The first-order chi connectivity index (χ1) is 6.61. The van der Waals surface area contributed by atoms with Crippen LogP contribution in [0.4, 0.5) is 0 Å². The largest absolute Gasteiger partial charge is 0.480 e. The van der Waals surface area contributed by atoms with Crippen molar-refractivity contribution in [1.82, 2.24) is 4.90 Å². The lowest BCUT2D eigenvalue weighted by Gasteiger charge is -2.26. The zero-order valence-corrected chi connectivity index (χ0v) is 8.99. The van der Waals surface area contributed by atoms with Crippen LogP contribution in [0.3, 0.4) is 0 Å². The van der Waals surface area contributed by atoms with Crippen molar-refractivity contribution in [3.05, 3.63) is 0 Å². The Bertz CT molecular complexity index is 208. The van der Waals surface area contributed by atoms with Crippen LogP contribution in [-0.4, -0.2) is 35.1 Å². The molecule has 0 aliphatic rings. The summed E-state index contributed by atoms with van der Waals surface area (Å²) in [4.78, 5) is 12.5. The number of terminal acetylenes is 1. The third-order valence-electron chi connectivity index (χ3n) is 2.32. The number of carboxylic acid groups (broad SMARTS) is 1. The lowest BCUT2D eigenvalue weighted by Crippen LogP contribution is -2.37. The zero-order valence-electron chi connectivity index (χ0n) is 8.99. The van der Waals surface area contributed by atoms with Gasteiger partial charge in [-0.3, -0.25) is 9.69 Å². The Hall–Kier alpha value is -1.01. The van der Waals surface area contributed by atoms with Gasteiger partial charge in [-0.15, -0.1) is 12.3 Å².